The first kappa shape index (κ1) is 10.4. The van der Waals surface area contributed by atoms with Crippen LogP contribution in [0.1, 0.15) is 24.8 Å². The van der Waals surface area contributed by atoms with E-state index in [9.17, 15) is 0 Å². The Kier molecular flexibility index (Phi) is 3.21. The molecule has 2 rings (SSSR count). The summed E-state index contributed by atoms with van der Waals surface area (Å²) in [6.45, 7) is 0. The SMILES string of the molecule is COc1ccc(CC(N)CC2CC2)cn1. The Morgan fingerprint density at radius 2 is 2.33 bits per heavy atom. The number of pyridine rings is 1. The molecule has 1 saturated carbocycles. The van der Waals surface area contributed by atoms with E-state index in [-0.39, 0.29) is 6.04 Å². The van der Waals surface area contributed by atoms with Crippen molar-refractivity contribution in [2.45, 2.75) is 31.7 Å². The van der Waals surface area contributed by atoms with Crippen molar-refractivity contribution in [3.63, 3.8) is 0 Å². The maximum atomic E-state index is 6.06. The predicted molar refractivity (Wildman–Crippen MR) is 59.8 cm³/mol. The fourth-order valence-corrected chi connectivity index (χ4v) is 1.82. The third kappa shape index (κ3) is 3.20. The monoisotopic (exact) mass is 206 g/mol. The van der Waals surface area contributed by atoms with Crippen molar-refractivity contribution in [1.29, 1.82) is 0 Å². The Morgan fingerprint density at radius 1 is 1.53 bits per heavy atom. The summed E-state index contributed by atoms with van der Waals surface area (Å²) in [7, 11) is 1.63. The van der Waals surface area contributed by atoms with E-state index in [0.717, 1.165) is 18.8 Å². The van der Waals surface area contributed by atoms with Crippen LogP contribution in [0, 0.1) is 5.92 Å². The van der Waals surface area contributed by atoms with Gasteiger partial charge < -0.3 is 10.5 Å². The van der Waals surface area contributed by atoms with E-state index in [4.69, 9.17) is 10.5 Å². The van der Waals surface area contributed by atoms with E-state index < -0.39 is 0 Å². The maximum absolute atomic E-state index is 6.06. The fraction of sp³-hybridized carbons (Fsp3) is 0.583. The van der Waals surface area contributed by atoms with Crippen LogP contribution >= 0.6 is 0 Å². The predicted octanol–water partition coefficient (Wildman–Crippen LogP) is 1.76. The van der Waals surface area contributed by atoms with Crippen LogP contribution in [0.4, 0.5) is 0 Å². The van der Waals surface area contributed by atoms with Gasteiger partial charge in [0.15, 0.2) is 0 Å². The van der Waals surface area contributed by atoms with E-state index >= 15 is 0 Å². The lowest BCUT2D eigenvalue weighted by Crippen LogP contribution is -2.23. The van der Waals surface area contributed by atoms with Gasteiger partial charge in [0, 0.05) is 18.3 Å². The number of ether oxygens (including phenoxy) is 1. The standard InChI is InChI=1S/C12H18N2O/c1-15-12-5-4-10(8-14-12)7-11(13)6-9-2-3-9/h4-5,8-9,11H,2-3,6-7,13H2,1H3. The normalized spacial score (nSPS) is 17.5. The summed E-state index contributed by atoms with van der Waals surface area (Å²) >= 11 is 0. The van der Waals surface area contributed by atoms with E-state index in [1.54, 1.807) is 7.11 Å². The molecule has 82 valence electrons. The average Bonchev–Trinajstić information content (AvgIpc) is 3.03. The fourth-order valence-electron chi connectivity index (χ4n) is 1.82. The highest BCUT2D eigenvalue weighted by molar-refractivity contribution is 5.18. The van der Waals surface area contributed by atoms with Gasteiger partial charge in [0.25, 0.3) is 0 Å². The molecule has 1 fully saturated rings. The van der Waals surface area contributed by atoms with E-state index in [1.807, 2.05) is 18.3 Å². The molecule has 0 spiro atoms. The van der Waals surface area contributed by atoms with E-state index in [1.165, 1.54) is 18.4 Å². The third-order valence-electron chi connectivity index (χ3n) is 2.84. The Labute approximate surface area is 90.7 Å². The second kappa shape index (κ2) is 4.62. The lowest BCUT2D eigenvalue weighted by Gasteiger charge is -2.10. The molecule has 2 N–H and O–H groups in total. The van der Waals surface area contributed by atoms with Crippen LogP contribution in [0.25, 0.3) is 0 Å². The van der Waals surface area contributed by atoms with Crippen LogP contribution in [-0.4, -0.2) is 18.1 Å². The molecule has 1 heterocycles. The first-order valence-electron chi connectivity index (χ1n) is 5.52. The number of aromatic nitrogens is 1. The number of hydrogen-bond acceptors (Lipinski definition) is 3. The molecule has 1 aromatic rings. The van der Waals surface area contributed by atoms with Gasteiger partial charge in [-0.3, -0.25) is 0 Å². The summed E-state index contributed by atoms with van der Waals surface area (Å²) in [6.07, 6.45) is 6.67. The molecule has 0 aromatic carbocycles. The van der Waals surface area contributed by atoms with Crippen molar-refractivity contribution in [1.82, 2.24) is 4.98 Å². The molecule has 1 aliphatic rings. The van der Waals surface area contributed by atoms with Gasteiger partial charge in [-0.05, 0) is 24.3 Å². The topological polar surface area (TPSA) is 48.1 Å². The Bertz CT molecular complexity index is 306. The average molecular weight is 206 g/mol. The Balaban J connectivity index is 1.85. The minimum absolute atomic E-state index is 0.285. The van der Waals surface area contributed by atoms with Gasteiger partial charge in [0.05, 0.1) is 7.11 Å². The van der Waals surface area contributed by atoms with Gasteiger partial charge in [-0.25, -0.2) is 4.98 Å². The second-order valence-corrected chi connectivity index (χ2v) is 4.35. The molecule has 1 aliphatic carbocycles. The summed E-state index contributed by atoms with van der Waals surface area (Å²) in [5, 5.41) is 0. The summed E-state index contributed by atoms with van der Waals surface area (Å²) in [4.78, 5) is 4.17. The second-order valence-electron chi connectivity index (χ2n) is 4.35. The highest BCUT2D eigenvalue weighted by Gasteiger charge is 2.23. The molecule has 3 heteroatoms. The van der Waals surface area contributed by atoms with Crippen LogP contribution in [-0.2, 0) is 6.42 Å². The molecular weight excluding hydrogens is 188 g/mol. The van der Waals surface area contributed by atoms with Crippen molar-refractivity contribution < 1.29 is 4.74 Å². The molecule has 1 aromatic heterocycles. The summed E-state index contributed by atoms with van der Waals surface area (Å²) in [6, 6.07) is 4.21. The zero-order valence-electron chi connectivity index (χ0n) is 9.15. The number of methoxy groups -OCH3 is 1. The first-order chi connectivity index (χ1) is 7.28. The van der Waals surface area contributed by atoms with Gasteiger partial charge in [0.1, 0.15) is 0 Å². The molecule has 1 atom stereocenters. The summed E-state index contributed by atoms with van der Waals surface area (Å²) in [5.41, 5.74) is 7.26. The summed E-state index contributed by atoms with van der Waals surface area (Å²) in [5.74, 6) is 1.56. The Morgan fingerprint density at radius 3 is 2.87 bits per heavy atom. The molecule has 0 saturated heterocycles. The zero-order chi connectivity index (χ0) is 10.7. The molecule has 0 bridgehead atoms. The first-order valence-corrected chi connectivity index (χ1v) is 5.52. The number of hydrogen-bond donors (Lipinski definition) is 1. The van der Waals surface area contributed by atoms with Crippen LogP contribution in [0.3, 0.4) is 0 Å². The van der Waals surface area contributed by atoms with Crippen LogP contribution < -0.4 is 10.5 Å². The van der Waals surface area contributed by atoms with E-state index in [0.29, 0.717) is 5.88 Å². The van der Waals surface area contributed by atoms with Crippen molar-refractivity contribution >= 4 is 0 Å². The molecule has 0 amide bonds. The quantitative estimate of drug-likeness (QED) is 0.798. The van der Waals surface area contributed by atoms with Gasteiger partial charge in [-0.1, -0.05) is 18.9 Å². The van der Waals surface area contributed by atoms with Gasteiger partial charge >= 0.3 is 0 Å². The van der Waals surface area contributed by atoms with Crippen molar-refractivity contribution in [3.05, 3.63) is 23.9 Å². The third-order valence-corrected chi connectivity index (χ3v) is 2.84. The molecule has 0 aliphatic heterocycles. The van der Waals surface area contributed by atoms with Gasteiger partial charge in [-0.15, -0.1) is 0 Å². The molecule has 1 unspecified atom stereocenters. The lowest BCUT2D eigenvalue weighted by atomic mass is 10.0. The number of rotatable bonds is 5. The number of nitrogens with two attached hydrogens (primary N) is 1. The number of nitrogens with zero attached hydrogens (tertiary/aromatic N) is 1. The van der Waals surface area contributed by atoms with Gasteiger partial charge in [0.2, 0.25) is 5.88 Å². The van der Waals surface area contributed by atoms with Crippen LogP contribution in [0.5, 0.6) is 5.88 Å². The van der Waals surface area contributed by atoms with Crippen LogP contribution in [0.2, 0.25) is 0 Å². The van der Waals surface area contributed by atoms with Crippen LogP contribution in [0.15, 0.2) is 18.3 Å². The Hall–Kier alpha value is -1.09. The van der Waals surface area contributed by atoms with Crippen molar-refractivity contribution in [3.8, 4) is 5.88 Å². The van der Waals surface area contributed by atoms with Crippen molar-refractivity contribution in [2.24, 2.45) is 11.7 Å². The molecular formula is C12H18N2O. The maximum Gasteiger partial charge on any atom is 0.212 e. The van der Waals surface area contributed by atoms with Gasteiger partial charge in [-0.2, -0.15) is 0 Å². The van der Waals surface area contributed by atoms with E-state index in [2.05, 4.69) is 4.98 Å². The summed E-state index contributed by atoms with van der Waals surface area (Å²) < 4.78 is 5.01. The lowest BCUT2D eigenvalue weighted by molar-refractivity contribution is 0.397. The largest absolute Gasteiger partial charge is 0.481 e. The molecule has 3 nitrogen and oxygen atoms in total. The highest BCUT2D eigenvalue weighted by atomic mass is 16.5. The van der Waals surface area contributed by atoms with Crippen molar-refractivity contribution in [2.75, 3.05) is 7.11 Å². The smallest absolute Gasteiger partial charge is 0.212 e. The molecule has 0 radical (unpaired) electrons. The molecule has 15 heavy (non-hydrogen) atoms. The minimum Gasteiger partial charge on any atom is -0.481 e. The minimum atomic E-state index is 0.285. The highest BCUT2D eigenvalue weighted by Crippen LogP contribution is 2.33. The zero-order valence-corrected chi connectivity index (χ0v) is 9.15.